The van der Waals surface area contributed by atoms with Gasteiger partial charge in [-0.1, -0.05) is 25.8 Å². The summed E-state index contributed by atoms with van der Waals surface area (Å²) in [5, 5.41) is 0. The van der Waals surface area contributed by atoms with E-state index >= 15 is 0 Å². The summed E-state index contributed by atoms with van der Waals surface area (Å²) in [5.74, 6) is -0.833. The lowest BCUT2D eigenvalue weighted by atomic mass is 9.95. The zero-order valence-electron chi connectivity index (χ0n) is 13.6. The Kier molecular flexibility index (Phi) is 5.10. The molecule has 2 rings (SSSR count). The molecule has 1 atom stereocenters. The van der Waals surface area contributed by atoms with E-state index in [1.165, 1.54) is 19.3 Å². The van der Waals surface area contributed by atoms with Crippen LogP contribution in [-0.2, 0) is 19.0 Å². The fourth-order valence-electron chi connectivity index (χ4n) is 3.00. The van der Waals surface area contributed by atoms with Gasteiger partial charge in [0.05, 0.1) is 6.61 Å². The van der Waals surface area contributed by atoms with Crippen LogP contribution in [-0.4, -0.2) is 30.1 Å². The molecule has 0 aromatic carbocycles. The van der Waals surface area contributed by atoms with E-state index < -0.39 is 11.4 Å². The zero-order valence-corrected chi connectivity index (χ0v) is 13.6. The molecule has 2 aliphatic rings. The zero-order chi connectivity index (χ0) is 15.5. The maximum Gasteiger partial charge on any atom is 0.333 e. The van der Waals surface area contributed by atoms with E-state index in [4.69, 9.17) is 14.2 Å². The molecule has 21 heavy (non-hydrogen) atoms. The molecule has 1 spiro atoms. The van der Waals surface area contributed by atoms with Crippen molar-refractivity contribution in [2.45, 2.75) is 83.2 Å². The van der Waals surface area contributed by atoms with E-state index in [1.54, 1.807) is 6.92 Å². The number of esters is 1. The number of hydrogen-bond donors (Lipinski definition) is 0. The van der Waals surface area contributed by atoms with Gasteiger partial charge in [-0.15, -0.1) is 0 Å². The van der Waals surface area contributed by atoms with E-state index in [0.29, 0.717) is 12.2 Å². The molecule has 0 aromatic rings. The predicted molar refractivity (Wildman–Crippen MR) is 80.9 cm³/mol. The van der Waals surface area contributed by atoms with Crippen LogP contribution in [0, 0.1) is 0 Å². The first-order valence-electron chi connectivity index (χ1n) is 8.05. The minimum Gasteiger partial charge on any atom is -0.453 e. The Labute approximate surface area is 127 Å². The smallest absolute Gasteiger partial charge is 0.333 e. The van der Waals surface area contributed by atoms with Crippen LogP contribution in [0.25, 0.3) is 0 Å². The standard InChI is InChI=1S/C17H28O4/c1-13(2)15(18)21-16(3,4)14-12-19-17(20-14)10-8-6-5-7-9-11-17/h14H,1,5-12H2,2-4H3. The monoisotopic (exact) mass is 296 g/mol. The van der Waals surface area contributed by atoms with Crippen LogP contribution in [0.1, 0.15) is 65.7 Å². The lowest BCUT2D eigenvalue weighted by Gasteiger charge is -2.34. The van der Waals surface area contributed by atoms with Crippen LogP contribution < -0.4 is 0 Å². The minimum atomic E-state index is -0.706. The van der Waals surface area contributed by atoms with E-state index in [9.17, 15) is 4.79 Å². The summed E-state index contributed by atoms with van der Waals surface area (Å²) in [6.45, 7) is 9.52. The van der Waals surface area contributed by atoms with E-state index in [0.717, 1.165) is 25.7 Å². The van der Waals surface area contributed by atoms with Gasteiger partial charge in [-0.3, -0.25) is 0 Å². The second-order valence-electron chi connectivity index (χ2n) is 6.87. The van der Waals surface area contributed by atoms with Crippen molar-refractivity contribution in [1.29, 1.82) is 0 Å². The van der Waals surface area contributed by atoms with Gasteiger partial charge in [0.15, 0.2) is 5.79 Å². The van der Waals surface area contributed by atoms with E-state index in [1.807, 2.05) is 13.8 Å². The van der Waals surface area contributed by atoms with Crippen LogP contribution >= 0.6 is 0 Å². The molecule has 0 aromatic heterocycles. The summed E-state index contributed by atoms with van der Waals surface area (Å²) in [5.41, 5.74) is -0.301. The van der Waals surface area contributed by atoms with E-state index in [2.05, 4.69) is 6.58 Å². The summed E-state index contributed by atoms with van der Waals surface area (Å²) in [4.78, 5) is 11.8. The van der Waals surface area contributed by atoms with Crippen molar-refractivity contribution in [3.05, 3.63) is 12.2 Å². The summed E-state index contributed by atoms with van der Waals surface area (Å²) < 4.78 is 17.8. The van der Waals surface area contributed by atoms with Crippen molar-refractivity contribution in [3.8, 4) is 0 Å². The summed E-state index contributed by atoms with van der Waals surface area (Å²) in [7, 11) is 0. The van der Waals surface area contributed by atoms with Crippen molar-refractivity contribution in [3.63, 3.8) is 0 Å². The Bertz CT molecular complexity index is 392. The largest absolute Gasteiger partial charge is 0.453 e. The second-order valence-corrected chi connectivity index (χ2v) is 6.87. The molecule has 1 saturated carbocycles. The highest BCUT2D eigenvalue weighted by Crippen LogP contribution is 2.39. The van der Waals surface area contributed by atoms with Gasteiger partial charge >= 0.3 is 5.97 Å². The first-order chi connectivity index (χ1) is 9.85. The first-order valence-corrected chi connectivity index (χ1v) is 8.05. The fraction of sp³-hybridized carbons (Fsp3) is 0.824. The SMILES string of the molecule is C=C(C)C(=O)OC(C)(C)C1COC2(CCCCCCC2)O1. The van der Waals surface area contributed by atoms with Gasteiger partial charge in [0.2, 0.25) is 0 Å². The van der Waals surface area contributed by atoms with Gasteiger partial charge in [-0.2, -0.15) is 0 Å². The summed E-state index contributed by atoms with van der Waals surface area (Å²) >= 11 is 0. The summed E-state index contributed by atoms with van der Waals surface area (Å²) in [6, 6.07) is 0. The molecule has 1 heterocycles. The first kappa shape index (κ1) is 16.5. The van der Waals surface area contributed by atoms with Crippen molar-refractivity contribution >= 4 is 5.97 Å². The minimum absolute atomic E-state index is 0.222. The molecule has 0 N–H and O–H groups in total. The molecular weight excluding hydrogens is 268 g/mol. The molecular formula is C17H28O4. The number of carbonyl (C=O) groups excluding carboxylic acids is 1. The number of hydrogen-bond acceptors (Lipinski definition) is 4. The van der Waals surface area contributed by atoms with Crippen molar-refractivity contribution in [1.82, 2.24) is 0 Å². The van der Waals surface area contributed by atoms with Gasteiger partial charge < -0.3 is 14.2 Å². The molecule has 1 unspecified atom stereocenters. The van der Waals surface area contributed by atoms with Crippen LogP contribution in [0.15, 0.2) is 12.2 Å². The fourth-order valence-corrected chi connectivity index (χ4v) is 3.00. The van der Waals surface area contributed by atoms with Crippen molar-refractivity contribution < 1.29 is 19.0 Å². The molecule has 4 nitrogen and oxygen atoms in total. The molecule has 120 valence electrons. The molecule has 0 amide bonds. The van der Waals surface area contributed by atoms with Gasteiger partial charge in [0, 0.05) is 18.4 Å². The Morgan fingerprint density at radius 2 is 1.76 bits per heavy atom. The predicted octanol–water partition coefficient (Wildman–Crippen LogP) is 3.74. The van der Waals surface area contributed by atoms with Crippen LogP contribution in [0.3, 0.4) is 0 Å². The molecule has 2 fully saturated rings. The quantitative estimate of drug-likeness (QED) is 0.588. The molecule has 1 saturated heterocycles. The van der Waals surface area contributed by atoms with Crippen molar-refractivity contribution in [2.24, 2.45) is 0 Å². The van der Waals surface area contributed by atoms with Gasteiger partial charge in [-0.05, 0) is 33.6 Å². The van der Waals surface area contributed by atoms with E-state index in [-0.39, 0.29) is 12.1 Å². The lowest BCUT2D eigenvalue weighted by molar-refractivity contribution is -0.206. The third kappa shape index (κ3) is 4.07. The normalized spacial score (nSPS) is 26.1. The second kappa shape index (κ2) is 6.49. The Morgan fingerprint density at radius 1 is 1.19 bits per heavy atom. The topological polar surface area (TPSA) is 44.8 Å². The van der Waals surface area contributed by atoms with Crippen LogP contribution in [0.2, 0.25) is 0 Å². The highest BCUT2D eigenvalue weighted by atomic mass is 16.8. The molecule has 1 aliphatic heterocycles. The van der Waals surface area contributed by atoms with Crippen LogP contribution in [0.4, 0.5) is 0 Å². The average molecular weight is 296 g/mol. The number of ether oxygens (including phenoxy) is 3. The van der Waals surface area contributed by atoms with Gasteiger partial charge in [-0.25, -0.2) is 4.79 Å². The average Bonchev–Trinajstić information content (AvgIpc) is 2.80. The Morgan fingerprint density at radius 3 is 2.33 bits per heavy atom. The summed E-state index contributed by atoms with van der Waals surface area (Å²) in [6.07, 6.45) is 7.72. The molecule has 1 aliphatic carbocycles. The molecule has 0 bridgehead atoms. The molecule has 4 heteroatoms. The van der Waals surface area contributed by atoms with Gasteiger partial charge in [0.1, 0.15) is 11.7 Å². The molecule has 0 radical (unpaired) electrons. The third-order valence-electron chi connectivity index (χ3n) is 4.45. The maximum atomic E-state index is 11.8. The Balaban J connectivity index is 1.99. The lowest BCUT2D eigenvalue weighted by Crippen LogP contribution is -2.44. The number of carbonyl (C=O) groups is 1. The third-order valence-corrected chi connectivity index (χ3v) is 4.45. The Hall–Kier alpha value is -0.870. The highest BCUT2D eigenvalue weighted by Gasteiger charge is 2.48. The van der Waals surface area contributed by atoms with Crippen molar-refractivity contribution in [2.75, 3.05) is 6.61 Å². The number of rotatable bonds is 3. The van der Waals surface area contributed by atoms with Gasteiger partial charge in [0.25, 0.3) is 0 Å². The highest BCUT2D eigenvalue weighted by molar-refractivity contribution is 5.87. The van der Waals surface area contributed by atoms with Crippen LogP contribution in [0.5, 0.6) is 0 Å². The maximum absolute atomic E-state index is 11.8.